The van der Waals surface area contributed by atoms with Gasteiger partial charge < -0.3 is 33.8 Å². The lowest BCUT2D eigenvalue weighted by atomic mass is 10.0. The molecule has 104 heavy (non-hydrogen) atoms. The number of hydrogen-bond acceptors (Lipinski definition) is 15. The first-order valence-corrected chi connectivity index (χ1v) is 46.6. The molecule has 614 valence electrons. The molecule has 5 atom stereocenters. The van der Waals surface area contributed by atoms with E-state index in [2.05, 4.69) is 52.0 Å². The number of carbonyl (C=O) groups is 4. The molecule has 0 fully saturated rings. The average Bonchev–Trinajstić information content (AvgIpc) is 1.44. The van der Waals surface area contributed by atoms with Crippen LogP contribution < -0.4 is 0 Å². The van der Waals surface area contributed by atoms with Crippen molar-refractivity contribution in [2.24, 2.45) is 0 Å². The van der Waals surface area contributed by atoms with Crippen molar-refractivity contribution < 1.29 is 80.2 Å². The van der Waals surface area contributed by atoms with E-state index in [1.807, 2.05) is 0 Å². The zero-order chi connectivity index (χ0) is 76.0. The average molecular weight is 1520 g/mol. The number of esters is 4. The summed E-state index contributed by atoms with van der Waals surface area (Å²) in [6.45, 7) is 4.99. The summed E-state index contributed by atoms with van der Waals surface area (Å²) in [5.41, 5.74) is 0. The van der Waals surface area contributed by atoms with Crippen LogP contribution in [-0.4, -0.2) is 96.7 Å². The molecule has 3 N–H and O–H groups in total. The number of carbonyl (C=O) groups excluding carboxylic acids is 4. The standard InChI is InChI=1S/C85H162O17P2/c1-5-9-13-17-21-25-29-33-37-39-43-47-51-55-59-63-67-71-84(89)101-80(75-95-82(87)69-65-61-57-53-49-45-41-35-31-27-23-19-15-11-7-3)77-99-103(91,92)97-73-79(86)74-98-104(93,94)100-78-81(76-96-83(88)70-66-62-58-54-50-46-42-36-32-28-24-20-16-12-8-4)102-85(90)72-68-64-60-56-52-48-44-40-38-34-30-26-22-18-14-10-6-2/h23,27,35,41,79-81,86H,5-22,24-26,28-34,36-40,42-78H2,1-4H3,(H,91,92)(H,93,94)/b27-23-,41-35-/t79-,80+,81+/m0/s1. The number of phosphoric acid groups is 2. The molecule has 0 radical (unpaired) electrons. The maximum Gasteiger partial charge on any atom is 0.472 e. The molecule has 0 aliphatic carbocycles. The van der Waals surface area contributed by atoms with Crippen LogP contribution in [0.25, 0.3) is 0 Å². The van der Waals surface area contributed by atoms with Crippen LogP contribution in [0.2, 0.25) is 0 Å². The number of phosphoric ester groups is 2. The van der Waals surface area contributed by atoms with Crippen molar-refractivity contribution in [1.29, 1.82) is 0 Å². The number of ether oxygens (including phenoxy) is 4. The fraction of sp³-hybridized carbons (Fsp3) is 0.906. The highest BCUT2D eigenvalue weighted by molar-refractivity contribution is 7.47. The smallest absolute Gasteiger partial charge is 0.462 e. The molecule has 0 amide bonds. The second-order valence-electron chi connectivity index (χ2n) is 29.9. The monoisotopic (exact) mass is 1520 g/mol. The van der Waals surface area contributed by atoms with E-state index in [1.54, 1.807) is 0 Å². The molecule has 0 aromatic heterocycles. The van der Waals surface area contributed by atoms with Crippen LogP contribution >= 0.6 is 15.6 Å². The molecule has 0 bridgehead atoms. The van der Waals surface area contributed by atoms with E-state index < -0.39 is 97.5 Å². The molecule has 2 unspecified atom stereocenters. The Morgan fingerprint density at radius 3 is 0.731 bits per heavy atom. The van der Waals surface area contributed by atoms with Gasteiger partial charge in [0.1, 0.15) is 19.3 Å². The normalized spacial score (nSPS) is 13.9. The molecule has 19 heteroatoms. The Morgan fingerprint density at radius 1 is 0.269 bits per heavy atom. The van der Waals surface area contributed by atoms with Crippen molar-refractivity contribution in [3.63, 3.8) is 0 Å². The first-order valence-electron chi connectivity index (χ1n) is 43.6. The topological polar surface area (TPSA) is 237 Å². The molecule has 0 aromatic carbocycles. The molecule has 0 saturated heterocycles. The van der Waals surface area contributed by atoms with Gasteiger partial charge in [0.05, 0.1) is 26.4 Å². The van der Waals surface area contributed by atoms with Crippen LogP contribution in [0.1, 0.15) is 439 Å². The van der Waals surface area contributed by atoms with Crippen molar-refractivity contribution in [3.05, 3.63) is 24.3 Å². The fourth-order valence-corrected chi connectivity index (χ4v) is 14.4. The van der Waals surface area contributed by atoms with Gasteiger partial charge in [0.15, 0.2) is 12.2 Å². The SMILES string of the molecule is CCCCC/C=C\C/C=C\CCCCCCCC(=O)OC[C@H](COP(=O)(O)OC[C@H](O)COP(=O)(O)OC[C@@H](COC(=O)CCCCCCCCCCCCCCCCC)OC(=O)CCCCCCCCCCCCCCCCCCC)OC(=O)CCCCCCCCCCCCCCCCCCC. The number of allylic oxidation sites excluding steroid dienone is 4. The summed E-state index contributed by atoms with van der Waals surface area (Å²) in [6, 6.07) is 0. The van der Waals surface area contributed by atoms with Crippen LogP contribution in [0.5, 0.6) is 0 Å². The highest BCUT2D eigenvalue weighted by Gasteiger charge is 2.30. The van der Waals surface area contributed by atoms with Crippen LogP contribution in [0.3, 0.4) is 0 Å². The first-order chi connectivity index (χ1) is 50.7. The third kappa shape index (κ3) is 77.7. The summed E-state index contributed by atoms with van der Waals surface area (Å²) in [4.78, 5) is 73.2. The minimum Gasteiger partial charge on any atom is -0.462 e. The fourth-order valence-electron chi connectivity index (χ4n) is 12.8. The van der Waals surface area contributed by atoms with Crippen LogP contribution in [0, 0.1) is 0 Å². The summed E-state index contributed by atoms with van der Waals surface area (Å²) in [7, 11) is -9.94. The summed E-state index contributed by atoms with van der Waals surface area (Å²) < 4.78 is 68.9. The lowest BCUT2D eigenvalue weighted by Gasteiger charge is -2.21. The molecule has 0 heterocycles. The second kappa shape index (κ2) is 78.7. The zero-order valence-electron chi connectivity index (χ0n) is 67.5. The van der Waals surface area contributed by atoms with Gasteiger partial charge in [-0.3, -0.25) is 37.3 Å². The Hall–Kier alpha value is -2.46. The zero-order valence-corrected chi connectivity index (χ0v) is 69.3. The third-order valence-corrected chi connectivity index (χ3v) is 21.4. The predicted octanol–water partition coefficient (Wildman–Crippen LogP) is 25.7. The van der Waals surface area contributed by atoms with Gasteiger partial charge in [-0.15, -0.1) is 0 Å². The number of aliphatic hydroxyl groups excluding tert-OH is 1. The van der Waals surface area contributed by atoms with E-state index in [-0.39, 0.29) is 25.7 Å². The van der Waals surface area contributed by atoms with E-state index in [9.17, 15) is 43.2 Å². The Balaban J connectivity index is 5.30. The maximum atomic E-state index is 13.1. The van der Waals surface area contributed by atoms with Crippen molar-refractivity contribution in [3.8, 4) is 0 Å². The minimum absolute atomic E-state index is 0.103. The molecule has 0 rings (SSSR count). The van der Waals surface area contributed by atoms with E-state index in [0.717, 1.165) is 116 Å². The van der Waals surface area contributed by atoms with Gasteiger partial charge in [0, 0.05) is 25.7 Å². The van der Waals surface area contributed by atoms with Gasteiger partial charge in [-0.25, -0.2) is 9.13 Å². The molecule has 0 aliphatic heterocycles. The minimum atomic E-state index is -4.97. The lowest BCUT2D eigenvalue weighted by molar-refractivity contribution is -0.161. The first kappa shape index (κ1) is 102. The number of unbranched alkanes of at least 4 members (excludes halogenated alkanes) is 54. The van der Waals surface area contributed by atoms with E-state index >= 15 is 0 Å². The summed E-state index contributed by atoms with van der Waals surface area (Å²) in [5.74, 6) is -2.13. The second-order valence-corrected chi connectivity index (χ2v) is 32.8. The molecule has 17 nitrogen and oxygen atoms in total. The van der Waals surface area contributed by atoms with E-state index in [1.165, 1.54) is 244 Å². The Morgan fingerprint density at radius 2 is 0.471 bits per heavy atom. The molecule has 0 aliphatic rings. The maximum absolute atomic E-state index is 13.1. The highest BCUT2D eigenvalue weighted by atomic mass is 31.2. The number of aliphatic hydroxyl groups is 1. The summed E-state index contributed by atoms with van der Waals surface area (Å²) in [5, 5.41) is 10.7. The molecule has 0 saturated carbocycles. The molecular weight excluding hydrogens is 1350 g/mol. The molecule has 0 aromatic rings. The van der Waals surface area contributed by atoms with Gasteiger partial charge in [-0.1, -0.05) is 379 Å². The van der Waals surface area contributed by atoms with Crippen molar-refractivity contribution in [1.82, 2.24) is 0 Å². The van der Waals surface area contributed by atoms with Gasteiger partial charge in [0.25, 0.3) is 0 Å². The van der Waals surface area contributed by atoms with Crippen molar-refractivity contribution in [2.45, 2.75) is 457 Å². The van der Waals surface area contributed by atoms with Gasteiger partial charge >= 0.3 is 39.5 Å². The number of rotatable bonds is 84. The summed E-state index contributed by atoms with van der Waals surface area (Å²) >= 11 is 0. The van der Waals surface area contributed by atoms with Gasteiger partial charge in [0.2, 0.25) is 0 Å². The Kier molecular flexibility index (Phi) is 76.8. The predicted molar refractivity (Wildman–Crippen MR) is 428 cm³/mol. The van der Waals surface area contributed by atoms with Gasteiger partial charge in [-0.2, -0.15) is 0 Å². The number of hydrogen-bond donors (Lipinski definition) is 3. The van der Waals surface area contributed by atoms with E-state index in [4.69, 9.17) is 37.0 Å². The van der Waals surface area contributed by atoms with Crippen molar-refractivity contribution >= 4 is 39.5 Å². The van der Waals surface area contributed by atoms with Crippen LogP contribution in [0.15, 0.2) is 24.3 Å². The quantitative estimate of drug-likeness (QED) is 0.0169. The van der Waals surface area contributed by atoms with Crippen LogP contribution in [-0.2, 0) is 65.4 Å². The highest BCUT2D eigenvalue weighted by Crippen LogP contribution is 2.45. The summed E-state index contributed by atoms with van der Waals surface area (Å²) in [6.07, 6.45) is 75.6. The third-order valence-electron chi connectivity index (χ3n) is 19.4. The largest absolute Gasteiger partial charge is 0.472 e. The van der Waals surface area contributed by atoms with Crippen LogP contribution in [0.4, 0.5) is 0 Å². The molecular formula is C85H162O17P2. The van der Waals surface area contributed by atoms with Crippen molar-refractivity contribution in [2.75, 3.05) is 39.6 Å². The van der Waals surface area contributed by atoms with E-state index in [0.29, 0.717) is 25.7 Å². The molecule has 0 spiro atoms. The van der Waals surface area contributed by atoms with Gasteiger partial charge in [-0.05, 0) is 57.8 Å². The lowest BCUT2D eigenvalue weighted by Crippen LogP contribution is -2.30. The Labute approximate surface area is 637 Å². The Bertz CT molecular complexity index is 2060.